The summed E-state index contributed by atoms with van der Waals surface area (Å²) < 4.78 is 0. The third kappa shape index (κ3) is 1.99. The first-order valence-electron chi connectivity index (χ1n) is 7.21. The van der Waals surface area contributed by atoms with Gasteiger partial charge in [-0.05, 0) is 50.2 Å². The van der Waals surface area contributed by atoms with Gasteiger partial charge in [0.1, 0.15) is 0 Å². The summed E-state index contributed by atoms with van der Waals surface area (Å²) >= 11 is 0. The Balaban J connectivity index is 1.42. The van der Waals surface area contributed by atoms with E-state index in [0.717, 1.165) is 36.1 Å². The van der Waals surface area contributed by atoms with Gasteiger partial charge in [-0.15, -0.1) is 5.10 Å². The normalized spacial score (nSPS) is 30.1. The second-order valence-corrected chi connectivity index (χ2v) is 6.02. The lowest BCUT2D eigenvalue weighted by molar-refractivity contribution is 0.548. The van der Waals surface area contributed by atoms with Crippen LogP contribution in [0.4, 0.5) is 5.82 Å². The molecule has 0 amide bonds. The van der Waals surface area contributed by atoms with E-state index in [-0.39, 0.29) is 0 Å². The Labute approximate surface area is 108 Å². The number of hydrogen-bond acceptors (Lipinski definition) is 4. The van der Waals surface area contributed by atoms with Gasteiger partial charge in [0, 0.05) is 25.2 Å². The Morgan fingerprint density at radius 3 is 2.72 bits per heavy atom. The highest BCUT2D eigenvalue weighted by Crippen LogP contribution is 2.39. The summed E-state index contributed by atoms with van der Waals surface area (Å²) in [5, 5.41) is 12.2. The number of hydrogen-bond donors (Lipinski definition) is 1. The highest BCUT2D eigenvalue weighted by Gasteiger charge is 2.38. The van der Waals surface area contributed by atoms with Crippen LogP contribution in [0.2, 0.25) is 0 Å². The molecule has 1 N–H and O–H groups in total. The number of fused-ring (bicyclic) bond motifs is 2. The Hall–Kier alpha value is -1.16. The first-order valence-corrected chi connectivity index (χ1v) is 7.21. The van der Waals surface area contributed by atoms with Gasteiger partial charge in [0.05, 0.1) is 5.69 Å². The van der Waals surface area contributed by atoms with Crippen LogP contribution in [0, 0.1) is 5.92 Å². The minimum absolute atomic E-state index is 0.736. The van der Waals surface area contributed by atoms with Crippen LogP contribution in [0.3, 0.4) is 0 Å². The van der Waals surface area contributed by atoms with E-state index in [1.165, 1.54) is 38.6 Å². The third-order valence-corrected chi connectivity index (χ3v) is 4.56. The second kappa shape index (κ2) is 4.19. The zero-order valence-electron chi connectivity index (χ0n) is 10.7. The van der Waals surface area contributed by atoms with E-state index in [1.807, 2.05) is 0 Å². The van der Waals surface area contributed by atoms with Crippen molar-refractivity contribution in [2.24, 2.45) is 5.92 Å². The van der Waals surface area contributed by atoms with Crippen molar-refractivity contribution < 1.29 is 0 Å². The average molecular weight is 244 g/mol. The van der Waals surface area contributed by atoms with Crippen LogP contribution in [-0.4, -0.2) is 28.8 Å². The molecule has 0 spiro atoms. The van der Waals surface area contributed by atoms with E-state index in [2.05, 4.69) is 32.5 Å². The fraction of sp³-hybridized carbons (Fsp3) is 0.714. The molecule has 0 aromatic carbocycles. The molecule has 2 saturated carbocycles. The lowest BCUT2D eigenvalue weighted by Gasteiger charge is -2.27. The summed E-state index contributed by atoms with van der Waals surface area (Å²) in [5.41, 5.74) is 1.06. The maximum absolute atomic E-state index is 4.41. The first-order chi connectivity index (χ1) is 8.88. The SMILES string of the molecule is c1cc(N2CC3CCC2C3)nnc1CNC1CC1. The molecule has 1 aromatic heterocycles. The quantitative estimate of drug-likeness (QED) is 0.875. The molecule has 96 valence electrons. The maximum atomic E-state index is 4.41. The first kappa shape index (κ1) is 10.7. The van der Waals surface area contributed by atoms with Crippen LogP contribution in [0.1, 0.15) is 37.8 Å². The third-order valence-electron chi connectivity index (χ3n) is 4.56. The summed E-state index contributed by atoms with van der Waals surface area (Å²) in [5.74, 6) is 1.99. The standard InChI is InChI=1S/C14H20N4/c1-5-13-7-10(1)9-18(13)14-6-4-12(16-17-14)8-15-11-2-3-11/h4,6,10-11,13,15H,1-3,5,7-9H2. The van der Waals surface area contributed by atoms with Crippen molar-refractivity contribution in [1.82, 2.24) is 15.5 Å². The highest BCUT2D eigenvalue weighted by atomic mass is 15.3. The van der Waals surface area contributed by atoms with E-state index in [1.54, 1.807) is 0 Å². The predicted octanol–water partition coefficient (Wildman–Crippen LogP) is 1.72. The van der Waals surface area contributed by atoms with Crippen LogP contribution >= 0.6 is 0 Å². The monoisotopic (exact) mass is 244 g/mol. The van der Waals surface area contributed by atoms with Gasteiger partial charge in [-0.2, -0.15) is 5.10 Å². The van der Waals surface area contributed by atoms with E-state index in [4.69, 9.17) is 0 Å². The van der Waals surface area contributed by atoms with Crippen molar-refractivity contribution in [2.45, 2.75) is 50.7 Å². The highest BCUT2D eigenvalue weighted by molar-refractivity contribution is 5.41. The van der Waals surface area contributed by atoms with Gasteiger partial charge in [0.25, 0.3) is 0 Å². The molecule has 3 fully saturated rings. The molecule has 2 bridgehead atoms. The van der Waals surface area contributed by atoms with E-state index in [0.29, 0.717) is 0 Å². The Kier molecular flexibility index (Phi) is 2.50. The van der Waals surface area contributed by atoms with Crippen LogP contribution in [-0.2, 0) is 6.54 Å². The molecule has 4 rings (SSSR count). The maximum Gasteiger partial charge on any atom is 0.151 e. The Morgan fingerprint density at radius 1 is 1.17 bits per heavy atom. The molecule has 2 unspecified atom stereocenters. The summed E-state index contributed by atoms with van der Waals surface area (Å²) in [4.78, 5) is 2.46. The molecule has 2 atom stereocenters. The van der Waals surface area contributed by atoms with Gasteiger partial charge in [-0.25, -0.2) is 0 Å². The Bertz CT molecular complexity index is 426. The molecule has 18 heavy (non-hydrogen) atoms. The summed E-state index contributed by atoms with van der Waals surface area (Å²) in [6.07, 6.45) is 6.77. The lowest BCUT2D eigenvalue weighted by Crippen LogP contribution is -2.32. The summed E-state index contributed by atoms with van der Waals surface area (Å²) in [7, 11) is 0. The molecule has 4 heteroatoms. The topological polar surface area (TPSA) is 41.1 Å². The Morgan fingerprint density at radius 2 is 2.11 bits per heavy atom. The fourth-order valence-electron chi connectivity index (χ4n) is 3.34. The van der Waals surface area contributed by atoms with Crippen molar-refractivity contribution in [2.75, 3.05) is 11.4 Å². The van der Waals surface area contributed by atoms with Crippen LogP contribution in [0.15, 0.2) is 12.1 Å². The van der Waals surface area contributed by atoms with E-state index >= 15 is 0 Å². The minimum atomic E-state index is 0.736. The molecule has 2 heterocycles. The number of aromatic nitrogens is 2. The number of anilines is 1. The van der Waals surface area contributed by atoms with Crippen LogP contribution in [0.25, 0.3) is 0 Å². The molecule has 1 saturated heterocycles. The second-order valence-electron chi connectivity index (χ2n) is 6.02. The fourth-order valence-corrected chi connectivity index (χ4v) is 3.34. The van der Waals surface area contributed by atoms with Crippen molar-refractivity contribution in [3.05, 3.63) is 17.8 Å². The van der Waals surface area contributed by atoms with Crippen molar-refractivity contribution in [3.63, 3.8) is 0 Å². The van der Waals surface area contributed by atoms with E-state index < -0.39 is 0 Å². The minimum Gasteiger partial charge on any atom is -0.352 e. The number of nitrogens with one attached hydrogen (secondary N) is 1. The molecule has 2 aliphatic carbocycles. The van der Waals surface area contributed by atoms with Crippen LogP contribution < -0.4 is 10.2 Å². The molecular weight excluding hydrogens is 224 g/mol. The van der Waals surface area contributed by atoms with Gasteiger partial charge >= 0.3 is 0 Å². The van der Waals surface area contributed by atoms with Crippen molar-refractivity contribution in [3.8, 4) is 0 Å². The zero-order chi connectivity index (χ0) is 11.9. The summed E-state index contributed by atoms with van der Waals surface area (Å²) in [6, 6.07) is 5.75. The largest absolute Gasteiger partial charge is 0.352 e. The number of piperidine rings is 1. The van der Waals surface area contributed by atoms with Crippen molar-refractivity contribution in [1.29, 1.82) is 0 Å². The zero-order valence-corrected chi connectivity index (χ0v) is 10.7. The van der Waals surface area contributed by atoms with Gasteiger partial charge in [0.15, 0.2) is 5.82 Å². The molecule has 1 aliphatic heterocycles. The van der Waals surface area contributed by atoms with Gasteiger partial charge in [0.2, 0.25) is 0 Å². The van der Waals surface area contributed by atoms with Gasteiger partial charge < -0.3 is 10.2 Å². The van der Waals surface area contributed by atoms with Gasteiger partial charge in [-0.3, -0.25) is 0 Å². The average Bonchev–Trinajstić information content (AvgIpc) is 3.01. The smallest absolute Gasteiger partial charge is 0.151 e. The number of rotatable bonds is 4. The predicted molar refractivity (Wildman–Crippen MR) is 70.4 cm³/mol. The number of nitrogens with zero attached hydrogens (tertiary/aromatic N) is 3. The van der Waals surface area contributed by atoms with Crippen molar-refractivity contribution >= 4 is 5.82 Å². The molecule has 0 radical (unpaired) electrons. The summed E-state index contributed by atoms with van der Waals surface area (Å²) in [6.45, 7) is 2.06. The molecular formula is C14H20N4. The molecule has 3 aliphatic rings. The van der Waals surface area contributed by atoms with E-state index in [9.17, 15) is 0 Å². The van der Waals surface area contributed by atoms with Gasteiger partial charge in [-0.1, -0.05) is 0 Å². The molecule has 4 nitrogen and oxygen atoms in total. The van der Waals surface area contributed by atoms with Crippen LogP contribution in [0.5, 0.6) is 0 Å². The molecule has 1 aromatic rings. The lowest BCUT2D eigenvalue weighted by atomic mass is 10.1.